The van der Waals surface area contributed by atoms with E-state index < -0.39 is 0 Å². The van der Waals surface area contributed by atoms with E-state index in [-0.39, 0.29) is 17.5 Å². The van der Waals surface area contributed by atoms with Crippen molar-refractivity contribution in [1.29, 1.82) is 0 Å². The standard InChI is InChI=1S/C32H52O2/c1-20-12-15-29(6)18-19-31(8)23(27(29)21(20)2)10-11-25-30(7)16-14-26(34-22(3)33)28(4,5)24(30)13-17-32(25,31)9/h21,23-27H,1,10-19H2,2-9H3/t21?,23-,24+,25-,26+,27?,29-,30+,31-,32-/m1/s1. The van der Waals surface area contributed by atoms with Gasteiger partial charge in [-0.1, -0.05) is 60.6 Å². The zero-order valence-electron chi connectivity index (χ0n) is 23.6. The number of rotatable bonds is 1. The molecule has 0 N–H and O–H groups in total. The van der Waals surface area contributed by atoms with E-state index in [2.05, 4.69) is 55.0 Å². The third kappa shape index (κ3) is 3.08. The molecule has 2 heteroatoms. The van der Waals surface area contributed by atoms with Crippen molar-refractivity contribution < 1.29 is 9.53 Å². The molecule has 0 aromatic heterocycles. The highest BCUT2D eigenvalue weighted by molar-refractivity contribution is 5.66. The van der Waals surface area contributed by atoms with Gasteiger partial charge in [-0.3, -0.25) is 4.79 Å². The largest absolute Gasteiger partial charge is 0.462 e. The maximum absolute atomic E-state index is 11.9. The van der Waals surface area contributed by atoms with Gasteiger partial charge < -0.3 is 4.74 Å². The summed E-state index contributed by atoms with van der Waals surface area (Å²) in [6.07, 6.45) is 13.2. The van der Waals surface area contributed by atoms with Crippen LogP contribution in [0.5, 0.6) is 0 Å². The predicted octanol–water partition coefficient (Wildman–Crippen LogP) is 8.60. The summed E-state index contributed by atoms with van der Waals surface area (Å²) < 4.78 is 5.91. The molecular weight excluding hydrogens is 416 g/mol. The van der Waals surface area contributed by atoms with Crippen LogP contribution >= 0.6 is 0 Å². The molecule has 34 heavy (non-hydrogen) atoms. The molecule has 10 atom stereocenters. The highest BCUT2D eigenvalue weighted by atomic mass is 16.5. The molecule has 192 valence electrons. The zero-order chi connectivity index (χ0) is 24.9. The molecule has 0 spiro atoms. The van der Waals surface area contributed by atoms with Crippen molar-refractivity contribution in [2.24, 2.45) is 56.7 Å². The molecule has 5 aliphatic rings. The maximum Gasteiger partial charge on any atom is 0.302 e. The van der Waals surface area contributed by atoms with Crippen LogP contribution in [0.3, 0.4) is 0 Å². The lowest BCUT2D eigenvalue weighted by Gasteiger charge is -2.73. The number of carbonyl (C=O) groups is 1. The highest BCUT2D eigenvalue weighted by Gasteiger charge is 2.70. The van der Waals surface area contributed by atoms with Crippen LogP contribution in [0.25, 0.3) is 0 Å². The van der Waals surface area contributed by atoms with Crippen LogP contribution in [0.2, 0.25) is 0 Å². The Morgan fingerprint density at radius 3 is 2.24 bits per heavy atom. The van der Waals surface area contributed by atoms with Crippen molar-refractivity contribution >= 4 is 5.97 Å². The Balaban J connectivity index is 1.50. The Bertz CT molecular complexity index is 872. The van der Waals surface area contributed by atoms with Crippen LogP contribution in [0, 0.1) is 56.7 Å². The molecule has 0 aromatic carbocycles. The van der Waals surface area contributed by atoms with Crippen molar-refractivity contribution in [1.82, 2.24) is 0 Å². The summed E-state index contributed by atoms with van der Waals surface area (Å²) in [7, 11) is 0. The third-order valence-corrected chi connectivity index (χ3v) is 13.8. The number of hydrogen-bond donors (Lipinski definition) is 0. The summed E-state index contributed by atoms with van der Waals surface area (Å²) in [5.74, 6) is 3.64. The van der Waals surface area contributed by atoms with Gasteiger partial charge in [0.2, 0.25) is 0 Å². The van der Waals surface area contributed by atoms with E-state index in [1.54, 1.807) is 6.92 Å². The van der Waals surface area contributed by atoms with E-state index in [4.69, 9.17) is 4.74 Å². The topological polar surface area (TPSA) is 26.3 Å². The van der Waals surface area contributed by atoms with Crippen molar-refractivity contribution in [3.8, 4) is 0 Å². The van der Waals surface area contributed by atoms with Crippen molar-refractivity contribution in [2.75, 3.05) is 0 Å². The van der Waals surface area contributed by atoms with Crippen LogP contribution in [0.15, 0.2) is 12.2 Å². The molecule has 5 aliphatic carbocycles. The van der Waals surface area contributed by atoms with Crippen molar-refractivity contribution in [3.05, 3.63) is 12.2 Å². The maximum atomic E-state index is 11.9. The number of esters is 1. The Hall–Kier alpha value is -0.790. The number of carbonyl (C=O) groups excluding carboxylic acids is 1. The molecule has 5 rings (SSSR count). The second-order valence-corrected chi connectivity index (χ2v) is 15.3. The van der Waals surface area contributed by atoms with Gasteiger partial charge in [-0.15, -0.1) is 0 Å². The van der Waals surface area contributed by atoms with Crippen LogP contribution in [-0.4, -0.2) is 12.1 Å². The van der Waals surface area contributed by atoms with Gasteiger partial charge in [0.1, 0.15) is 6.10 Å². The van der Waals surface area contributed by atoms with E-state index >= 15 is 0 Å². The summed E-state index contributed by atoms with van der Waals surface area (Å²) in [6, 6.07) is 0. The molecule has 5 fully saturated rings. The highest BCUT2D eigenvalue weighted by Crippen LogP contribution is 2.77. The molecule has 0 saturated heterocycles. The molecule has 2 nitrogen and oxygen atoms in total. The van der Waals surface area contributed by atoms with Gasteiger partial charge in [0.15, 0.2) is 0 Å². The summed E-state index contributed by atoms with van der Waals surface area (Å²) in [4.78, 5) is 11.9. The van der Waals surface area contributed by atoms with Crippen LogP contribution < -0.4 is 0 Å². The second kappa shape index (κ2) is 7.61. The zero-order valence-corrected chi connectivity index (χ0v) is 23.6. The van der Waals surface area contributed by atoms with Gasteiger partial charge in [0.05, 0.1) is 0 Å². The third-order valence-electron chi connectivity index (χ3n) is 13.8. The second-order valence-electron chi connectivity index (χ2n) is 15.3. The summed E-state index contributed by atoms with van der Waals surface area (Å²) in [5.41, 5.74) is 3.28. The molecule has 5 saturated carbocycles. The Labute approximate surface area is 210 Å². The summed E-state index contributed by atoms with van der Waals surface area (Å²) >= 11 is 0. The van der Waals surface area contributed by atoms with E-state index in [0.29, 0.717) is 33.5 Å². The van der Waals surface area contributed by atoms with Crippen molar-refractivity contribution in [2.45, 2.75) is 126 Å². The predicted molar refractivity (Wildman–Crippen MR) is 140 cm³/mol. The lowest BCUT2D eigenvalue weighted by Crippen LogP contribution is -2.67. The van der Waals surface area contributed by atoms with Crippen LogP contribution in [-0.2, 0) is 9.53 Å². The van der Waals surface area contributed by atoms with Gasteiger partial charge in [-0.25, -0.2) is 0 Å². The van der Waals surface area contributed by atoms with E-state index in [1.807, 2.05) is 0 Å². The monoisotopic (exact) mass is 468 g/mol. The molecule has 0 aromatic rings. The summed E-state index contributed by atoms with van der Waals surface area (Å²) in [6.45, 7) is 24.2. The molecule has 0 amide bonds. The molecule has 0 heterocycles. The first-order valence-corrected chi connectivity index (χ1v) is 14.6. The molecule has 0 bridgehead atoms. The Morgan fingerprint density at radius 1 is 0.853 bits per heavy atom. The normalized spacial score (nSPS) is 54.2. The minimum atomic E-state index is -0.108. The van der Waals surface area contributed by atoms with Crippen molar-refractivity contribution in [3.63, 3.8) is 0 Å². The van der Waals surface area contributed by atoms with Crippen LogP contribution in [0.1, 0.15) is 120 Å². The minimum absolute atomic E-state index is 0.0541. The molecule has 0 radical (unpaired) electrons. The minimum Gasteiger partial charge on any atom is -0.462 e. The number of fused-ring (bicyclic) bond motifs is 7. The van der Waals surface area contributed by atoms with Gasteiger partial charge in [0, 0.05) is 12.3 Å². The number of hydrogen-bond acceptors (Lipinski definition) is 2. The smallest absolute Gasteiger partial charge is 0.302 e. The van der Waals surface area contributed by atoms with Crippen LogP contribution in [0.4, 0.5) is 0 Å². The molecule has 0 aliphatic heterocycles. The van der Waals surface area contributed by atoms with Gasteiger partial charge in [-0.05, 0) is 115 Å². The van der Waals surface area contributed by atoms with Gasteiger partial charge in [0.25, 0.3) is 0 Å². The fourth-order valence-corrected chi connectivity index (χ4v) is 11.8. The SMILES string of the molecule is C=C1CC[C@]2(C)CC[C@]3(C)[C@H](CC[C@@H]4[C@@]5(C)CC[C@H](OC(C)=O)C(C)(C)[C@@H]5CC[C@]43C)C2C1C. The first-order valence-electron chi connectivity index (χ1n) is 14.6. The quantitative estimate of drug-likeness (QED) is 0.284. The lowest BCUT2D eigenvalue weighted by atomic mass is 9.31. The Morgan fingerprint density at radius 2 is 1.56 bits per heavy atom. The average molecular weight is 469 g/mol. The summed E-state index contributed by atoms with van der Waals surface area (Å²) in [5, 5.41) is 0. The number of allylic oxidation sites excluding steroid dienone is 1. The fourth-order valence-electron chi connectivity index (χ4n) is 11.8. The lowest BCUT2D eigenvalue weighted by molar-refractivity contribution is -0.253. The first-order chi connectivity index (χ1) is 15.7. The Kier molecular flexibility index (Phi) is 5.57. The molecule has 2 unspecified atom stereocenters. The average Bonchev–Trinajstić information content (AvgIpc) is 2.74. The van der Waals surface area contributed by atoms with E-state index in [9.17, 15) is 4.79 Å². The van der Waals surface area contributed by atoms with E-state index in [0.717, 1.165) is 24.2 Å². The first kappa shape index (κ1) is 24.9. The molecular formula is C32H52O2. The van der Waals surface area contributed by atoms with E-state index in [1.165, 1.54) is 63.4 Å². The number of ether oxygens (including phenoxy) is 1. The van der Waals surface area contributed by atoms with Gasteiger partial charge >= 0.3 is 5.97 Å². The fraction of sp³-hybridized carbons (Fsp3) is 0.906. The van der Waals surface area contributed by atoms with Gasteiger partial charge in [-0.2, -0.15) is 0 Å².